The molecule has 1 amide bonds. The van der Waals surface area contributed by atoms with E-state index in [1.165, 1.54) is 0 Å². The monoisotopic (exact) mass is 442 g/mol. The van der Waals surface area contributed by atoms with Crippen molar-refractivity contribution in [3.05, 3.63) is 0 Å². The molecule has 1 heterocycles. The van der Waals surface area contributed by atoms with Gasteiger partial charge in [-0.25, -0.2) is 4.79 Å². The van der Waals surface area contributed by atoms with Crippen molar-refractivity contribution in [1.29, 1.82) is 0 Å². The summed E-state index contributed by atoms with van der Waals surface area (Å²) in [7, 11) is 0. The van der Waals surface area contributed by atoms with Crippen LogP contribution < -0.4 is 5.32 Å². The molecule has 0 atom stereocenters. The Morgan fingerprint density at radius 2 is 1.74 bits per heavy atom. The van der Waals surface area contributed by atoms with Gasteiger partial charge < -0.3 is 24.6 Å². The molecule has 0 aromatic heterocycles. The highest BCUT2D eigenvalue weighted by Gasteiger charge is 2.23. The Balaban J connectivity index is 0.00000484. The summed E-state index contributed by atoms with van der Waals surface area (Å²) in [5, 5.41) is 3.31. The molecule has 0 unspecified atom stereocenters. The predicted octanol–water partition coefficient (Wildman–Crippen LogP) is 1.77. The van der Waals surface area contributed by atoms with Gasteiger partial charge in [-0.1, -0.05) is 0 Å². The van der Waals surface area contributed by atoms with Gasteiger partial charge in [0.05, 0.1) is 6.61 Å². The number of nitrogens with zero attached hydrogens (tertiary/aromatic N) is 3. The van der Waals surface area contributed by atoms with Crippen molar-refractivity contribution in [2.24, 2.45) is 4.99 Å². The molecule has 0 aromatic carbocycles. The van der Waals surface area contributed by atoms with Gasteiger partial charge >= 0.3 is 6.09 Å². The van der Waals surface area contributed by atoms with E-state index in [1.807, 2.05) is 13.8 Å². The minimum atomic E-state index is -0.221. The van der Waals surface area contributed by atoms with Crippen LogP contribution in [0.3, 0.4) is 0 Å². The zero-order valence-electron chi connectivity index (χ0n) is 14.5. The van der Waals surface area contributed by atoms with Crippen molar-refractivity contribution in [3.8, 4) is 0 Å². The number of nitrogens with one attached hydrogen (secondary N) is 1. The fourth-order valence-corrected chi connectivity index (χ4v) is 2.24. The van der Waals surface area contributed by atoms with Crippen molar-refractivity contribution >= 4 is 36.0 Å². The molecule has 1 saturated heterocycles. The van der Waals surface area contributed by atoms with Crippen LogP contribution in [-0.2, 0) is 9.47 Å². The fraction of sp³-hybridized carbons (Fsp3) is 0.867. The summed E-state index contributed by atoms with van der Waals surface area (Å²) in [5.74, 6) is 0.919. The molecule has 1 N–H and O–H groups in total. The lowest BCUT2D eigenvalue weighted by atomic mass is 10.3. The normalized spacial score (nSPS) is 15.2. The minimum absolute atomic E-state index is 0. The number of guanidine groups is 1. The zero-order valence-corrected chi connectivity index (χ0v) is 16.9. The van der Waals surface area contributed by atoms with E-state index in [0.717, 1.165) is 51.8 Å². The van der Waals surface area contributed by atoms with E-state index < -0.39 is 0 Å². The largest absolute Gasteiger partial charge is 0.450 e. The summed E-state index contributed by atoms with van der Waals surface area (Å²) in [6, 6.07) is 0. The number of piperazine rings is 1. The van der Waals surface area contributed by atoms with E-state index in [-0.39, 0.29) is 30.1 Å². The van der Waals surface area contributed by atoms with Crippen LogP contribution in [-0.4, -0.2) is 80.9 Å². The van der Waals surface area contributed by atoms with E-state index in [1.54, 1.807) is 4.90 Å². The molecule has 0 spiro atoms. The molecule has 136 valence electrons. The number of amides is 1. The first-order valence-electron chi connectivity index (χ1n) is 8.25. The maximum atomic E-state index is 11.7. The Bertz CT molecular complexity index is 348. The summed E-state index contributed by atoms with van der Waals surface area (Å²) in [6.45, 7) is 12.3. The third-order valence-electron chi connectivity index (χ3n) is 3.35. The molecule has 1 aliphatic rings. The number of carbonyl (C=O) groups is 1. The molecular weight excluding hydrogens is 411 g/mol. The molecule has 1 fully saturated rings. The second-order valence-corrected chi connectivity index (χ2v) is 4.96. The summed E-state index contributed by atoms with van der Waals surface area (Å²) < 4.78 is 10.4. The van der Waals surface area contributed by atoms with Crippen LogP contribution in [0, 0.1) is 0 Å². The van der Waals surface area contributed by atoms with Gasteiger partial charge in [-0.05, 0) is 27.2 Å². The molecule has 1 rings (SSSR count). The molecule has 8 heteroatoms. The van der Waals surface area contributed by atoms with Crippen LogP contribution >= 0.6 is 24.0 Å². The molecule has 0 bridgehead atoms. The number of aliphatic imine (C=N–C) groups is 1. The zero-order chi connectivity index (χ0) is 16.2. The average Bonchev–Trinajstić information content (AvgIpc) is 2.54. The van der Waals surface area contributed by atoms with Crippen molar-refractivity contribution in [2.75, 3.05) is 59.1 Å². The second kappa shape index (κ2) is 13.6. The lowest BCUT2D eigenvalue weighted by molar-refractivity contribution is 0.0914. The first-order chi connectivity index (χ1) is 10.7. The van der Waals surface area contributed by atoms with Crippen LogP contribution in [0.2, 0.25) is 0 Å². The fourth-order valence-electron chi connectivity index (χ4n) is 2.24. The molecule has 7 nitrogen and oxygen atoms in total. The van der Waals surface area contributed by atoms with Crippen molar-refractivity contribution in [3.63, 3.8) is 0 Å². The number of carbonyl (C=O) groups excluding carboxylic acids is 1. The minimum Gasteiger partial charge on any atom is -0.450 e. The van der Waals surface area contributed by atoms with Crippen LogP contribution in [0.1, 0.15) is 27.2 Å². The van der Waals surface area contributed by atoms with Gasteiger partial charge in [0.1, 0.15) is 0 Å². The molecule has 0 radical (unpaired) electrons. The first-order valence-corrected chi connectivity index (χ1v) is 8.25. The Kier molecular flexibility index (Phi) is 13.2. The molecule has 0 saturated carbocycles. The van der Waals surface area contributed by atoms with Gasteiger partial charge in [0, 0.05) is 52.5 Å². The predicted molar refractivity (Wildman–Crippen MR) is 103 cm³/mol. The van der Waals surface area contributed by atoms with Gasteiger partial charge in [-0.15, -0.1) is 24.0 Å². The second-order valence-electron chi connectivity index (χ2n) is 4.96. The van der Waals surface area contributed by atoms with Gasteiger partial charge in [0.2, 0.25) is 0 Å². The quantitative estimate of drug-likeness (QED) is 0.282. The van der Waals surface area contributed by atoms with Gasteiger partial charge in [-0.2, -0.15) is 0 Å². The summed E-state index contributed by atoms with van der Waals surface area (Å²) in [6.07, 6.45) is 0.701. The molecule has 1 aliphatic heterocycles. The van der Waals surface area contributed by atoms with Crippen molar-refractivity contribution in [1.82, 2.24) is 15.1 Å². The summed E-state index contributed by atoms with van der Waals surface area (Å²) in [5.41, 5.74) is 0. The van der Waals surface area contributed by atoms with E-state index >= 15 is 0 Å². The molecule has 0 aliphatic carbocycles. The maximum absolute atomic E-state index is 11.7. The summed E-state index contributed by atoms with van der Waals surface area (Å²) in [4.78, 5) is 20.3. The average molecular weight is 442 g/mol. The third-order valence-corrected chi connectivity index (χ3v) is 3.35. The Morgan fingerprint density at radius 3 is 2.30 bits per heavy atom. The van der Waals surface area contributed by atoms with E-state index in [4.69, 9.17) is 9.47 Å². The smallest absolute Gasteiger partial charge is 0.409 e. The topological polar surface area (TPSA) is 66.4 Å². The Labute approximate surface area is 156 Å². The lowest BCUT2D eigenvalue weighted by Gasteiger charge is -2.35. The maximum Gasteiger partial charge on any atom is 0.409 e. The number of halogens is 1. The highest BCUT2D eigenvalue weighted by atomic mass is 127. The van der Waals surface area contributed by atoms with Gasteiger partial charge in [-0.3, -0.25) is 4.99 Å². The van der Waals surface area contributed by atoms with E-state index in [2.05, 4.69) is 22.1 Å². The number of hydrogen-bond donors (Lipinski definition) is 1. The SMILES string of the molecule is CCNC(=NCCCOCC)N1CCN(C(=O)OCC)CC1.I. The van der Waals surface area contributed by atoms with Crippen LogP contribution in [0.5, 0.6) is 0 Å². The summed E-state index contributed by atoms with van der Waals surface area (Å²) >= 11 is 0. The highest BCUT2D eigenvalue weighted by Crippen LogP contribution is 2.04. The third kappa shape index (κ3) is 8.59. The van der Waals surface area contributed by atoms with E-state index in [0.29, 0.717) is 19.7 Å². The molecule has 23 heavy (non-hydrogen) atoms. The van der Waals surface area contributed by atoms with Crippen LogP contribution in [0.25, 0.3) is 0 Å². The standard InChI is InChI=1S/C15H30N4O3.HI/c1-4-16-14(17-8-7-13-21-5-2)18-9-11-19(12-10-18)15(20)22-6-3;/h4-13H2,1-3H3,(H,16,17);1H. The molecule has 0 aromatic rings. The number of hydrogen-bond acceptors (Lipinski definition) is 4. The Hall–Kier alpha value is -0.770. The van der Waals surface area contributed by atoms with Crippen molar-refractivity contribution < 1.29 is 14.3 Å². The Morgan fingerprint density at radius 1 is 1.09 bits per heavy atom. The number of rotatable bonds is 7. The van der Waals surface area contributed by atoms with Crippen molar-refractivity contribution in [2.45, 2.75) is 27.2 Å². The lowest BCUT2D eigenvalue weighted by Crippen LogP contribution is -2.53. The first kappa shape index (κ1) is 22.2. The van der Waals surface area contributed by atoms with E-state index in [9.17, 15) is 4.79 Å². The molecular formula is C15H31IN4O3. The van der Waals surface area contributed by atoms with Crippen LogP contribution in [0.15, 0.2) is 4.99 Å². The van der Waals surface area contributed by atoms with Gasteiger partial charge in [0.15, 0.2) is 5.96 Å². The van der Waals surface area contributed by atoms with Gasteiger partial charge in [0.25, 0.3) is 0 Å². The number of ether oxygens (including phenoxy) is 2. The highest BCUT2D eigenvalue weighted by molar-refractivity contribution is 14.0. The van der Waals surface area contributed by atoms with Crippen LogP contribution in [0.4, 0.5) is 4.79 Å².